The first-order valence-corrected chi connectivity index (χ1v) is 9.75. The number of aromatic nitrogens is 2. The van der Waals surface area contributed by atoms with Crippen LogP contribution in [0.2, 0.25) is 0 Å². The third-order valence-electron chi connectivity index (χ3n) is 4.16. The van der Waals surface area contributed by atoms with Gasteiger partial charge in [0.25, 0.3) is 0 Å². The summed E-state index contributed by atoms with van der Waals surface area (Å²) in [6.07, 6.45) is 2.37. The maximum absolute atomic E-state index is 13.6. The number of piperidine rings is 1. The van der Waals surface area contributed by atoms with Crippen molar-refractivity contribution in [2.75, 3.05) is 27.3 Å². The molecule has 1 aliphatic rings. The molecule has 3 rings (SSSR count). The van der Waals surface area contributed by atoms with Gasteiger partial charge in [-0.2, -0.15) is 9.29 Å². The van der Waals surface area contributed by atoms with Gasteiger partial charge in [0.15, 0.2) is 0 Å². The minimum Gasteiger partial charge on any atom is -0.495 e. The van der Waals surface area contributed by atoms with Crippen LogP contribution in [-0.4, -0.2) is 56.1 Å². The second kappa shape index (κ2) is 8.05. The Kier molecular flexibility index (Phi) is 5.76. The van der Waals surface area contributed by atoms with Crippen molar-refractivity contribution in [2.45, 2.75) is 23.8 Å². The molecule has 8 nitrogen and oxygen atoms in total. The molecule has 0 saturated carbocycles. The number of nitrogens with zero attached hydrogens (tertiary/aromatic N) is 3. The summed E-state index contributed by atoms with van der Waals surface area (Å²) in [7, 11) is -1.15. The molecule has 0 bridgehead atoms. The lowest BCUT2D eigenvalue weighted by Crippen LogP contribution is -2.44. The van der Waals surface area contributed by atoms with Gasteiger partial charge in [-0.1, -0.05) is 0 Å². The van der Waals surface area contributed by atoms with Crippen LogP contribution in [0, 0.1) is 5.82 Å². The molecule has 146 valence electrons. The highest BCUT2D eigenvalue weighted by Gasteiger charge is 2.33. The summed E-state index contributed by atoms with van der Waals surface area (Å²) in [4.78, 5) is 7.78. The lowest BCUT2D eigenvalue weighted by Gasteiger charge is -2.32. The van der Waals surface area contributed by atoms with Crippen LogP contribution < -0.4 is 14.2 Å². The van der Waals surface area contributed by atoms with E-state index in [0.717, 1.165) is 12.1 Å². The maximum atomic E-state index is 13.6. The molecule has 1 aromatic heterocycles. The van der Waals surface area contributed by atoms with Gasteiger partial charge in [-0.05, 0) is 31.0 Å². The van der Waals surface area contributed by atoms with Crippen LogP contribution in [0.3, 0.4) is 0 Å². The Morgan fingerprint density at radius 1 is 1.22 bits per heavy atom. The van der Waals surface area contributed by atoms with Crippen molar-refractivity contribution in [3.8, 4) is 17.6 Å². The number of rotatable bonds is 6. The van der Waals surface area contributed by atoms with Gasteiger partial charge in [-0.25, -0.2) is 17.8 Å². The average molecular weight is 397 g/mol. The highest BCUT2D eigenvalue weighted by atomic mass is 32.2. The van der Waals surface area contributed by atoms with E-state index in [1.54, 1.807) is 6.07 Å². The molecule has 0 aliphatic carbocycles. The van der Waals surface area contributed by atoms with Gasteiger partial charge < -0.3 is 14.2 Å². The SMILES string of the molecule is COc1nccc(OC2CCCN(S(=O)(=O)c3cc(F)ccc3OC)C2)n1. The molecule has 1 aliphatic heterocycles. The number of sulfonamides is 1. The number of hydrogen-bond acceptors (Lipinski definition) is 7. The van der Waals surface area contributed by atoms with Crippen molar-refractivity contribution < 1.29 is 27.0 Å². The summed E-state index contributed by atoms with van der Waals surface area (Å²) in [6, 6.07) is 5.16. The summed E-state index contributed by atoms with van der Waals surface area (Å²) in [5, 5.41) is 0. The average Bonchev–Trinajstić information content (AvgIpc) is 2.68. The zero-order valence-corrected chi connectivity index (χ0v) is 15.8. The molecule has 0 N–H and O–H groups in total. The van der Waals surface area contributed by atoms with Crippen molar-refractivity contribution in [1.82, 2.24) is 14.3 Å². The van der Waals surface area contributed by atoms with Crippen LogP contribution in [0.4, 0.5) is 4.39 Å². The summed E-state index contributed by atoms with van der Waals surface area (Å²) in [5.41, 5.74) is 0. The van der Waals surface area contributed by atoms with Crippen LogP contribution in [0.1, 0.15) is 12.8 Å². The molecule has 1 atom stereocenters. The fraction of sp³-hybridized carbons (Fsp3) is 0.412. The van der Waals surface area contributed by atoms with Crippen molar-refractivity contribution in [3.05, 3.63) is 36.3 Å². The largest absolute Gasteiger partial charge is 0.495 e. The molecule has 0 radical (unpaired) electrons. The maximum Gasteiger partial charge on any atom is 0.319 e. The molecular formula is C17H20FN3O5S. The second-order valence-electron chi connectivity index (χ2n) is 5.92. The van der Waals surface area contributed by atoms with Crippen LogP contribution in [-0.2, 0) is 10.0 Å². The summed E-state index contributed by atoms with van der Waals surface area (Å²) < 4.78 is 56.7. The Labute approximate surface area is 157 Å². The number of halogens is 1. The van der Waals surface area contributed by atoms with E-state index in [4.69, 9.17) is 14.2 Å². The fourth-order valence-electron chi connectivity index (χ4n) is 2.87. The van der Waals surface area contributed by atoms with Crippen molar-refractivity contribution in [2.24, 2.45) is 0 Å². The predicted octanol–water partition coefficient (Wildman–Crippen LogP) is 1.86. The van der Waals surface area contributed by atoms with Gasteiger partial charge >= 0.3 is 6.01 Å². The normalized spacial score (nSPS) is 18.1. The molecule has 1 unspecified atom stereocenters. The van der Waals surface area contributed by atoms with Crippen LogP contribution in [0.25, 0.3) is 0 Å². The molecule has 2 aromatic rings. The molecule has 1 fully saturated rings. The predicted molar refractivity (Wildman–Crippen MR) is 93.9 cm³/mol. The quantitative estimate of drug-likeness (QED) is 0.735. The molecule has 0 spiro atoms. The first kappa shape index (κ1) is 19.3. The third kappa shape index (κ3) is 4.28. The molecular weight excluding hydrogens is 377 g/mol. The Morgan fingerprint density at radius 2 is 2.04 bits per heavy atom. The first-order chi connectivity index (χ1) is 12.9. The van der Waals surface area contributed by atoms with E-state index in [1.807, 2.05) is 0 Å². The first-order valence-electron chi connectivity index (χ1n) is 8.31. The highest BCUT2D eigenvalue weighted by molar-refractivity contribution is 7.89. The standard InChI is InChI=1S/C17H20FN3O5S/c1-24-14-6-5-12(18)10-15(14)27(22,23)21-9-3-4-13(11-21)26-16-7-8-19-17(20-16)25-2/h5-8,10,13H,3-4,9,11H2,1-2H3. The van der Waals surface area contributed by atoms with Gasteiger partial charge in [-0.15, -0.1) is 0 Å². The summed E-state index contributed by atoms with van der Waals surface area (Å²) >= 11 is 0. The molecule has 27 heavy (non-hydrogen) atoms. The summed E-state index contributed by atoms with van der Waals surface area (Å²) in [6.45, 7) is 0.434. The highest BCUT2D eigenvalue weighted by Crippen LogP contribution is 2.30. The van der Waals surface area contributed by atoms with E-state index in [-0.39, 0.29) is 23.2 Å². The van der Waals surface area contributed by atoms with Crippen molar-refractivity contribution in [1.29, 1.82) is 0 Å². The topological polar surface area (TPSA) is 90.9 Å². The van der Waals surface area contributed by atoms with Crippen LogP contribution in [0.5, 0.6) is 17.6 Å². The van der Waals surface area contributed by atoms with Gasteiger partial charge in [0.1, 0.15) is 22.6 Å². The van der Waals surface area contributed by atoms with E-state index < -0.39 is 21.9 Å². The Balaban J connectivity index is 1.80. The molecule has 2 heterocycles. The summed E-state index contributed by atoms with van der Waals surface area (Å²) in [5.74, 6) is -0.248. The van der Waals surface area contributed by atoms with E-state index in [2.05, 4.69) is 9.97 Å². The van der Waals surface area contributed by atoms with E-state index >= 15 is 0 Å². The van der Waals surface area contributed by atoms with Gasteiger partial charge in [0, 0.05) is 18.8 Å². The second-order valence-corrected chi connectivity index (χ2v) is 7.83. The molecule has 10 heteroatoms. The van der Waals surface area contributed by atoms with Crippen LogP contribution >= 0.6 is 0 Å². The smallest absolute Gasteiger partial charge is 0.319 e. The number of ether oxygens (including phenoxy) is 3. The minimum atomic E-state index is -3.93. The van der Waals surface area contributed by atoms with Gasteiger partial charge in [-0.3, -0.25) is 0 Å². The zero-order valence-electron chi connectivity index (χ0n) is 15.0. The minimum absolute atomic E-state index is 0.0972. The van der Waals surface area contributed by atoms with Crippen molar-refractivity contribution in [3.63, 3.8) is 0 Å². The number of benzene rings is 1. The fourth-order valence-corrected chi connectivity index (χ4v) is 4.55. The monoisotopic (exact) mass is 397 g/mol. The Morgan fingerprint density at radius 3 is 2.78 bits per heavy atom. The van der Waals surface area contributed by atoms with E-state index in [0.29, 0.717) is 25.3 Å². The van der Waals surface area contributed by atoms with Crippen molar-refractivity contribution >= 4 is 10.0 Å². The lowest BCUT2D eigenvalue weighted by atomic mass is 10.1. The zero-order chi connectivity index (χ0) is 19.4. The van der Waals surface area contributed by atoms with Gasteiger partial charge in [0.05, 0.1) is 20.8 Å². The number of methoxy groups -OCH3 is 2. The lowest BCUT2D eigenvalue weighted by molar-refractivity contribution is 0.123. The van der Waals surface area contributed by atoms with E-state index in [1.165, 1.54) is 30.8 Å². The van der Waals surface area contributed by atoms with Crippen LogP contribution in [0.15, 0.2) is 35.4 Å². The van der Waals surface area contributed by atoms with E-state index in [9.17, 15) is 12.8 Å². The van der Waals surface area contributed by atoms with Gasteiger partial charge in [0.2, 0.25) is 15.9 Å². The molecule has 1 aromatic carbocycles. The molecule has 1 saturated heterocycles. The number of hydrogen-bond donors (Lipinski definition) is 0. The Hall–Kier alpha value is -2.46. The molecule has 0 amide bonds. The Bertz CT molecular complexity index is 909. The third-order valence-corrected chi connectivity index (χ3v) is 6.05.